The zero-order chi connectivity index (χ0) is 22.2. The zero-order valence-electron chi connectivity index (χ0n) is 17.4. The number of amides is 1. The number of carbonyl (C=O) groups is 1. The Labute approximate surface area is 193 Å². The summed E-state index contributed by atoms with van der Waals surface area (Å²) in [4.78, 5) is 13.1. The van der Waals surface area contributed by atoms with Gasteiger partial charge in [0.05, 0.1) is 21.0 Å². The van der Waals surface area contributed by atoms with Gasteiger partial charge in [-0.15, -0.1) is 0 Å². The van der Waals surface area contributed by atoms with Crippen LogP contribution < -0.4 is 5.32 Å². The highest BCUT2D eigenvalue weighted by atomic mass is 35.5. The molecule has 2 aliphatic rings. The van der Waals surface area contributed by atoms with Crippen LogP contribution in [-0.4, -0.2) is 31.7 Å². The largest absolute Gasteiger partial charge is 0.349 e. The molecule has 0 radical (unpaired) electrons. The molecule has 31 heavy (non-hydrogen) atoms. The normalized spacial score (nSPS) is 18.5. The summed E-state index contributed by atoms with van der Waals surface area (Å²) in [6, 6.07) is 10.6. The van der Waals surface area contributed by atoms with E-state index in [1.54, 1.807) is 18.2 Å². The average Bonchev–Trinajstić information content (AvgIpc) is 3.23. The Morgan fingerprint density at radius 1 is 1.03 bits per heavy atom. The highest BCUT2D eigenvalue weighted by Gasteiger charge is 2.33. The van der Waals surface area contributed by atoms with Gasteiger partial charge in [0.25, 0.3) is 0 Å². The first-order valence-corrected chi connectivity index (χ1v) is 12.8. The predicted molar refractivity (Wildman–Crippen MR) is 123 cm³/mol. The van der Waals surface area contributed by atoms with Crippen LogP contribution in [0.2, 0.25) is 10.0 Å². The second-order valence-electron chi connectivity index (χ2n) is 8.37. The number of hydrogen-bond donors (Lipinski definition) is 1. The van der Waals surface area contributed by atoms with Crippen LogP contribution in [0.1, 0.15) is 48.9 Å². The van der Waals surface area contributed by atoms with Crippen LogP contribution in [0.15, 0.2) is 41.3 Å². The topological polar surface area (TPSA) is 66.5 Å². The molecule has 1 aliphatic heterocycles. The fraction of sp³-hybridized carbons (Fsp3) is 0.435. The number of hydrogen-bond acceptors (Lipinski definition) is 3. The van der Waals surface area contributed by atoms with Crippen LogP contribution >= 0.6 is 23.2 Å². The molecule has 2 aromatic rings. The van der Waals surface area contributed by atoms with E-state index in [0.717, 1.165) is 30.4 Å². The van der Waals surface area contributed by atoms with Gasteiger partial charge in [-0.1, -0.05) is 35.3 Å². The number of benzene rings is 2. The third kappa shape index (κ3) is 4.77. The monoisotopic (exact) mass is 480 g/mol. The van der Waals surface area contributed by atoms with E-state index in [-0.39, 0.29) is 17.9 Å². The summed E-state index contributed by atoms with van der Waals surface area (Å²) in [5.41, 5.74) is 3.27. The molecule has 1 amide bonds. The van der Waals surface area contributed by atoms with Crippen LogP contribution in [0, 0.1) is 5.92 Å². The average molecular weight is 481 g/mol. The summed E-state index contributed by atoms with van der Waals surface area (Å²) in [7, 11) is -3.53. The summed E-state index contributed by atoms with van der Waals surface area (Å²) >= 11 is 12.0. The van der Waals surface area contributed by atoms with Crippen molar-refractivity contribution in [3.8, 4) is 0 Å². The van der Waals surface area contributed by atoms with Gasteiger partial charge in [0.2, 0.25) is 15.9 Å². The van der Waals surface area contributed by atoms with E-state index < -0.39 is 10.0 Å². The van der Waals surface area contributed by atoms with E-state index in [9.17, 15) is 13.2 Å². The van der Waals surface area contributed by atoms with Crippen molar-refractivity contribution in [3.05, 3.63) is 63.1 Å². The molecule has 2 aromatic carbocycles. The fourth-order valence-corrected chi connectivity index (χ4v) is 6.24. The second kappa shape index (κ2) is 9.10. The second-order valence-corrected chi connectivity index (χ2v) is 11.1. The van der Waals surface area contributed by atoms with E-state index in [4.69, 9.17) is 23.2 Å². The standard InChI is InChI=1S/C23H26Cl2N2O3S/c1-15(18-6-8-21(24)22(25)14-18)26-23(28)17-9-11-27(12-10-17)31(29,30)20-7-5-16-3-2-4-19(16)13-20/h5-8,13-15,17H,2-4,9-12H2,1H3,(H,26,28)/t15-/m1/s1. The van der Waals surface area contributed by atoms with Crippen molar-refractivity contribution in [3.63, 3.8) is 0 Å². The Kier molecular flexibility index (Phi) is 6.63. The molecule has 1 saturated heterocycles. The molecule has 8 heteroatoms. The number of aryl methyl sites for hydroxylation is 2. The van der Waals surface area contributed by atoms with Gasteiger partial charge in [0.15, 0.2) is 0 Å². The highest BCUT2D eigenvalue weighted by molar-refractivity contribution is 7.89. The number of carbonyl (C=O) groups excluding carboxylic acids is 1. The lowest BCUT2D eigenvalue weighted by Gasteiger charge is -2.31. The molecule has 166 valence electrons. The zero-order valence-corrected chi connectivity index (χ0v) is 19.7. The first kappa shape index (κ1) is 22.6. The maximum atomic E-state index is 13.1. The lowest BCUT2D eigenvalue weighted by Crippen LogP contribution is -2.43. The number of nitrogens with one attached hydrogen (secondary N) is 1. The number of rotatable bonds is 5. The summed E-state index contributed by atoms with van der Waals surface area (Å²) in [6.45, 7) is 2.59. The molecule has 1 fully saturated rings. The van der Waals surface area contributed by atoms with E-state index in [1.165, 1.54) is 9.87 Å². The Bertz CT molecular complexity index is 1100. The Morgan fingerprint density at radius 2 is 1.74 bits per heavy atom. The maximum Gasteiger partial charge on any atom is 0.243 e. The highest BCUT2D eigenvalue weighted by Crippen LogP contribution is 2.29. The number of halogens is 2. The van der Waals surface area contributed by atoms with Crippen LogP contribution in [0.3, 0.4) is 0 Å². The Balaban J connectivity index is 1.36. The predicted octanol–water partition coefficient (Wildman–Crippen LogP) is 4.76. The van der Waals surface area contributed by atoms with E-state index >= 15 is 0 Å². The maximum absolute atomic E-state index is 13.1. The van der Waals surface area contributed by atoms with Crippen molar-refractivity contribution < 1.29 is 13.2 Å². The molecule has 0 aromatic heterocycles. The van der Waals surface area contributed by atoms with Crippen LogP contribution in [-0.2, 0) is 27.7 Å². The lowest BCUT2D eigenvalue weighted by molar-refractivity contribution is -0.126. The van der Waals surface area contributed by atoms with Crippen LogP contribution in [0.25, 0.3) is 0 Å². The molecule has 4 rings (SSSR count). The molecule has 1 atom stereocenters. The molecular formula is C23H26Cl2N2O3S. The van der Waals surface area contributed by atoms with Crippen molar-refractivity contribution in [1.29, 1.82) is 0 Å². The van der Waals surface area contributed by atoms with Gasteiger partial charge in [0.1, 0.15) is 0 Å². The van der Waals surface area contributed by atoms with E-state index in [1.807, 2.05) is 25.1 Å². The van der Waals surface area contributed by atoms with Crippen molar-refractivity contribution in [2.75, 3.05) is 13.1 Å². The van der Waals surface area contributed by atoms with Crippen molar-refractivity contribution >= 4 is 39.1 Å². The van der Waals surface area contributed by atoms with Gasteiger partial charge < -0.3 is 5.32 Å². The number of piperidine rings is 1. The molecule has 0 bridgehead atoms. The first-order chi connectivity index (χ1) is 14.8. The van der Waals surface area contributed by atoms with Gasteiger partial charge in [0, 0.05) is 19.0 Å². The van der Waals surface area contributed by atoms with Gasteiger partial charge in [-0.2, -0.15) is 4.31 Å². The molecule has 0 spiro atoms. The van der Waals surface area contributed by atoms with E-state index in [0.29, 0.717) is 40.9 Å². The minimum absolute atomic E-state index is 0.0619. The van der Waals surface area contributed by atoms with Crippen LogP contribution in [0.5, 0.6) is 0 Å². The van der Waals surface area contributed by atoms with Gasteiger partial charge >= 0.3 is 0 Å². The molecule has 1 N–H and O–H groups in total. The summed E-state index contributed by atoms with van der Waals surface area (Å²) in [5, 5.41) is 3.94. The molecule has 1 aliphatic carbocycles. The fourth-order valence-electron chi connectivity index (χ4n) is 4.41. The number of sulfonamides is 1. The molecule has 1 heterocycles. The summed E-state index contributed by atoms with van der Waals surface area (Å²) in [5.74, 6) is -0.273. The Hall–Kier alpha value is -1.60. The Morgan fingerprint density at radius 3 is 2.45 bits per heavy atom. The molecule has 0 unspecified atom stereocenters. The minimum atomic E-state index is -3.53. The summed E-state index contributed by atoms with van der Waals surface area (Å²) in [6.07, 6.45) is 4.06. The molecule has 0 saturated carbocycles. The van der Waals surface area contributed by atoms with Gasteiger partial charge in [-0.25, -0.2) is 8.42 Å². The van der Waals surface area contributed by atoms with Gasteiger partial charge in [-0.3, -0.25) is 4.79 Å². The molecular weight excluding hydrogens is 455 g/mol. The van der Waals surface area contributed by atoms with Crippen LogP contribution in [0.4, 0.5) is 0 Å². The third-order valence-corrected chi connectivity index (χ3v) is 8.97. The van der Waals surface area contributed by atoms with Crippen molar-refractivity contribution in [1.82, 2.24) is 9.62 Å². The lowest BCUT2D eigenvalue weighted by atomic mass is 9.96. The van der Waals surface area contributed by atoms with Gasteiger partial charge in [-0.05, 0) is 80.0 Å². The minimum Gasteiger partial charge on any atom is -0.349 e. The first-order valence-electron chi connectivity index (χ1n) is 10.6. The molecule has 5 nitrogen and oxygen atoms in total. The quantitative estimate of drug-likeness (QED) is 0.670. The van der Waals surface area contributed by atoms with Crippen molar-refractivity contribution in [2.45, 2.75) is 50.0 Å². The smallest absolute Gasteiger partial charge is 0.243 e. The number of fused-ring (bicyclic) bond motifs is 1. The summed E-state index contributed by atoms with van der Waals surface area (Å²) < 4.78 is 27.7. The van der Waals surface area contributed by atoms with E-state index in [2.05, 4.69) is 5.32 Å². The third-order valence-electron chi connectivity index (χ3n) is 6.33. The van der Waals surface area contributed by atoms with Crippen molar-refractivity contribution in [2.24, 2.45) is 5.92 Å². The SMILES string of the molecule is C[C@@H](NC(=O)C1CCN(S(=O)(=O)c2ccc3c(c2)CCC3)CC1)c1ccc(Cl)c(Cl)c1. The number of nitrogens with zero attached hydrogens (tertiary/aromatic N) is 1.